The van der Waals surface area contributed by atoms with Crippen LogP contribution in [0.2, 0.25) is 0 Å². The van der Waals surface area contributed by atoms with Gasteiger partial charge in [-0.1, -0.05) is 12.1 Å². The van der Waals surface area contributed by atoms with Crippen molar-refractivity contribution in [2.45, 2.75) is 0 Å². The lowest BCUT2D eigenvalue weighted by atomic mass is 10.5. The molecule has 0 unspecified atom stereocenters. The van der Waals surface area contributed by atoms with Crippen molar-refractivity contribution in [1.29, 1.82) is 0 Å². The molecule has 11 heavy (non-hydrogen) atoms. The summed E-state index contributed by atoms with van der Waals surface area (Å²) in [5.74, 6) is 1.99. The average Bonchev–Trinajstić information content (AvgIpc) is 2.73. The van der Waals surface area contributed by atoms with Gasteiger partial charge in [-0.05, 0) is 12.1 Å². The maximum atomic E-state index is 5.09. The number of hydrogen-bond donors (Lipinski definition) is 0. The molecule has 0 bridgehead atoms. The van der Waals surface area contributed by atoms with Crippen molar-refractivity contribution < 1.29 is 4.52 Å². The summed E-state index contributed by atoms with van der Waals surface area (Å²) < 4.78 is 8.91. The Bertz CT molecular complexity index is 420. The van der Waals surface area contributed by atoms with Gasteiger partial charge in [-0.2, -0.15) is 0 Å². The van der Waals surface area contributed by atoms with Gasteiger partial charge in [0.15, 0.2) is 5.82 Å². The third-order valence-electron chi connectivity index (χ3n) is 1.79. The summed E-state index contributed by atoms with van der Waals surface area (Å²) in [6, 6.07) is 7.98. The Balaban J connectivity index is 2.45. The second-order valence-corrected chi connectivity index (χ2v) is 2.51. The first-order valence-electron chi connectivity index (χ1n) is 3.48. The third-order valence-corrected chi connectivity index (χ3v) is 1.79. The molecular weight excluding hydrogens is 140 g/mol. The van der Waals surface area contributed by atoms with Crippen LogP contribution in [0, 0.1) is 0 Å². The molecule has 3 heteroatoms. The standard InChI is InChI=1S/C8H6N2O/c1-2-4-7-9(5-3-1)6-8-10(7)11-8/h1-6H. The van der Waals surface area contributed by atoms with Crippen LogP contribution >= 0.6 is 0 Å². The third kappa shape index (κ3) is 0.570. The van der Waals surface area contributed by atoms with Crippen LogP contribution in [-0.2, 0) is 0 Å². The van der Waals surface area contributed by atoms with Crippen LogP contribution in [0.1, 0.15) is 0 Å². The fourth-order valence-electron chi connectivity index (χ4n) is 1.22. The van der Waals surface area contributed by atoms with E-state index in [1.54, 1.807) is 4.74 Å². The number of rotatable bonds is 0. The summed E-state index contributed by atoms with van der Waals surface area (Å²) in [6.07, 6.45) is 3.95. The zero-order valence-corrected chi connectivity index (χ0v) is 5.77. The van der Waals surface area contributed by atoms with E-state index in [2.05, 4.69) is 0 Å². The highest BCUT2D eigenvalue weighted by Gasteiger charge is 2.22. The SMILES string of the molecule is c1ccc2n3oc-3cn-2cc1. The smallest absolute Gasteiger partial charge is 0.279 e. The Hall–Kier alpha value is -1.64. The summed E-state index contributed by atoms with van der Waals surface area (Å²) in [5.41, 5.74) is 0. The van der Waals surface area contributed by atoms with E-state index in [1.807, 2.05) is 41.2 Å². The van der Waals surface area contributed by atoms with Crippen LogP contribution in [0.25, 0.3) is 11.7 Å². The predicted octanol–water partition coefficient (Wildman–Crippen LogP) is 1.74. The molecule has 0 N–H and O–H groups in total. The van der Waals surface area contributed by atoms with Gasteiger partial charge < -0.3 is 9.09 Å². The van der Waals surface area contributed by atoms with Crippen molar-refractivity contribution in [2.75, 3.05) is 0 Å². The summed E-state index contributed by atoms with van der Waals surface area (Å²) in [6.45, 7) is 0. The molecule has 0 saturated heterocycles. The molecule has 0 aliphatic carbocycles. The topological polar surface area (TPSA) is 23.0 Å². The number of aromatic nitrogens is 2. The monoisotopic (exact) mass is 146 g/mol. The van der Waals surface area contributed by atoms with E-state index in [4.69, 9.17) is 4.52 Å². The number of imidazole rings is 1. The first-order valence-corrected chi connectivity index (χ1v) is 3.48. The molecule has 54 valence electrons. The van der Waals surface area contributed by atoms with Gasteiger partial charge in [0.05, 0.1) is 6.20 Å². The maximum absolute atomic E-state index is 5.09. The van der Waals surface area contributed by atoms with Gasteiger partial charge in [-0.25, -0.2) is 0 Å². The van der Waals surface area contributed by atoms with E-state index in [0.29, 0.717) is 0 Å². The van der Waals surface area contributed by atoms with Gasteiger partial charge in [0.25, 0.3) is 5.88 Å². The average molecular weight is 146 g/mol. The Kier molecular flexibility index (Phi) is 0.692. The van der Waals surface area contributed by atoms with Crippen molar-refractivity contribution in [2.24, 2.45) is 0 Å². The minimum atomic E-state index is 0.927. The largest absolute Gasteiger partial charge is 0.347 e. The van der Waals surface area contributed by atoms with E-state index >= 15 is 0 Å². The van der Waals surface area contributed by atoms with Crippen LogP contribution in [-0.4, -0.2) is 9.31 Å². The number of hydrogen-bond acceptors (Lipinski definition) is 1. The highest BCUT2D eigenvalue weighted by Crippen LogP contribution is 2.27. The fourth-order valence-corrected chi connectivity index (χ4v) is 1.22. The molecule has 0 amide bonds. The van der Waals surface area contributed by atoms with Crippen molar-refractivity contribution in [3.63, 3.8) is 0 Å². The van der Waals surface area contributed by atoms with Crippen molar-refractivity contribution >= 4 is 0 Å². The van der Waals surface area contributed by atoms with Crippen molar-refractivity contribution in [3.05, 3.63) is 36.7 Å². The molecule has 0 radical (unpaired) electrons. The number of fused-ring (bicyclic) bond motifs is 3. The van der Waals surface area contributed by atoms with Gasteiger partial charge in [0, 0.05) is 6.20 Å². The van der Waals surface area contributed by atoms with Crippen LogP contribution < -0.4 is 0 Å². The van der Waals surface area contributed by atoms with Crippen molar-refractivity contribution in [1.82, 2.24) is 9.31 Å². The maximum Gasteiger partial charge on any atom is 0.279 e. The molecule has 3 aliphatic heterocycles. The molecule has 0 spiro atoms. The van der Waals surface area contributed by atoms with Gasteiger partial charge >= 0.3 is 0 Å². The molecular formula is C8H6N2O. The first-order chi connectivity index (χ1) is 5.45. The van der Waals surface area contributed by atoms with E-state index in [0.717, 1.165) is 11.7 Å². The molecule has 3 heterocycles. The highest BCUT2D eigenvalue weighted by atomic mass is 16.6. The minimum Gasteiger partial charge on any atom is -0.347 e. The molecule has 0 atom stereocenters. The second-order valence-electron chi connectivity index (χ2n) is 2.51. The summed E-state index contributed by atoms with van der Waals surface area (Å²) in [7, 11) is 0. The Morgan fingerprint density at radius 3 is 3.18 bits per heavy atom. The molecule has 3 aliphatic rings. The lowest BCUT2D eigenvalue weighted by molar-refractivity contribution is 0.557. The lowest BCUT2D eigenvalue weighted by Crippen LogP contribution is -1.87. The molecule has 0 aromatic rings. The van der Waals surface area contributed by atoms with E-state index in [1.165, 1.54) is 0 Å². The zero-order valence-electron chi connectivity index (χ0n) is 5.77. The summed E-state index contributed by atoms with van der Waals surface area (Å²) >= 11 is 0. The van der Waals surface area contributed by atoms with Gasteiger partial charge in [-0.3, -0.25) is 0 Å². The lowest BCUT2D eigenvalue weighted by Gasteiger charge is -1.92. The molecule has 3 nitrogen and oxygen atoms in total. The number of nitrogens with zero attached hydrogens (tertiary/aromatic N) is 2. The first kappa shape index (κ1) is 5.07. The Morgan fingerprint density at radius 2 is 2.18 bits per heavy atom. The minimum absolute atomic E-state index is 0.927. The van der Waals surface area contributed by atoms with Gasteiger partial charge in [-0.15, -0.1) is 4.74 Å². The summed E-state index contributed by atoms with van der Waals surface area (Å²) in [5, 5.41) is 0. The zero-order chi connectivity index (χ0) is 7.26. The normalized spacial score (nSPS) is 11.6. The van der Waals surface area contributed by atoms with E-state index < -0.39 is 0 Å². The fraction of sp³-hybridized carbons (Fsp3) is 0. The quantitative estimate of drug-likeness (QED) is 0.473. The molecule has 0 saturated carbocycles. The predicted molar refractivity (Wildman–Crippen MR) is 39.7 cm³/mol. The van der Waals surface area contributed by atoms with Crippen LogP contribution in [0.15, 0.2) is 41.2 Å². The van der Waals surface area contributed by atoms with Crippen LogP contribution in [0.5, 0.6) is 0 Å². The summed E-state index contributed by atoms with van der Waals surface area (Å²) in [4.78, 5) is 0. The molecule has 0 aromatic heterocycles. The molecule has 3 rings (SSSR count). The molecule has 0 fully saturated rings. The van der Waals surface area contributed by atoms with Crippen LogP contribution in [0.3, 0.4) is 0 Å². The van der Waals surface area contributed by atoms with Gasteiger partial charge in [0.2, 0.25) is 0 Å². The highest BCUT2D eigenvalue weighted by molar-refractivity contribution is 5.38. The molecule has 0 aromatic carbocycles. The van der Waals surface area contributed by atoms with E-state index in [9.17, 15) is 0 Å². The Morgan fingerprint density at radius 1 is 1.18 bits per heavy atom. The second kappa shape index (κ2) is 1.50. The van der Waals surface area contributed by atoms with E-state index in [-0.39, 0.29) is 0 Å². The van der Waals surface area contributed by atoms with Crippen LogP contribution in [0.4, 0.5) is 0 Å². The van der Waals surface area contributed by atoms with Gasteiger partial charge in [0.1, 0.15) is 0 Å². The Labute approximate surface area is 63.1 Å². The van der Waals surface area contributed by atoms with Crippen molar-refractivity contribution in [3.8, 4) is 11.7 Å².